The molecule has 1 fully saturated rings. The van der Waals surface area contributed by atoms with Crippen molar-refractivity contribution in [1.82, 2.24) is 5.32 Å². The predicted molar refractivity (Wildman–Crippen MR) is 96.5 cm³/mol. The van der Waals surface area contributed by atoms with Crippen LogP contribution in [0.5, 0.6) is 0 Å². The molecule has 0 heterocycles. The largest absolute Gasteiger partial charge is 0.449 e. The second-order valence-corrected chi connectivity index (χ2v) is 6.93. The second kappa shape index (κ2) is 6.89. The molecule has 2 unspecified atom stereocenters. The Labute approximate surface area is 147 Å². The third kappa shape index (κ3) is 3.14. The fraction of sp³-hybridized carbons (Fsp3) is 0.381. The highest BCUT2D eigenvalue weighted by molar-refractivity contribution is 5.79. The molecule has 1 amide bonds. The maximum Gasteiger partial charge on any atom is 0.407 e. The lowest BCUT2D eigenvalue weighted by molar-refractivity contribution is 0.0792. The van der Waals surface area contributed by atoms with E-state index in [9.17, 15) is 9.90 Å². The van der Waals surface area contributed by atoms with E-state index in [0.29, 0.717) is 6.61 Å². The first-order valence-corrected chi connectivity index (χ1v) is 9.03. The van der Waals surface area contributed by atoms with Crippen LogP contribution >= 0.6 is 0 Å². The van der Waals surface area contributed by atoms with E-state index in [1.54, 1.807) is 0 Å². The summed E-state index contributed by atoms with van der Waals surface area (Å²) in [4.78, 5) is 12.2. The summed E-state index contributed by atoms with van der Waals surface area (Å²) in [5.74, 6) is 0.0643. The molecule has 0 radical (unpaired) electrons. The molecular formula is C21H23NO3. The van der Waals surface area contributed by atoms with Crippen molar-refractivity contribution in [3.8, 4) is 11.1 Å². The van der Waals surface area contributed by atoms with Gasteiger partial charge in [-0.2, -0.15) is 0 Å². The first-order chi connectivity index (χ1) is 12.2. The Morgan fingerprint density at radius 1 is 1.00 bits per heavy atom. The smallest absolute Gasteiger partial charge is 0.407 e. The molecule has 0 spiro atoms. The molecule has 2 N–H and O–H groups in total. The van der Waals surface area contributed by atoms with Crippen molar-refractivity contribution in [2.45, 2.75) is 43.7 Å². The topological polar surface area (TPSA) is 58.6 Å². The van der Waals surface area contributed by atoms with Crippen molar-refractivity contribution in [2.75, 3.05) is 6.61 Å². The van der Waals surface area contributed by atoms with Crippen molar-refractivity contribution in [1.29, 1.82) is 0 Å². The normalized spacial score (nSPS) is 22.1. The summed E-state index contributed by atoms with van der Waals surface area (Å²) < 4.78 is 5.53. The van der Waals surface area contributed by atoms with E-state index in [1.807, 2.05) is 24.3 Å². The van der Waals surface area contributed by atoms with Gasteiger partial charge in [0.15, 0.2) is 0 Å². The Morgan fingerprint density at radius 2 is 1.60 bits per heavy atom. The summed E-state index contributed by atoms with van der Waals surface area (Å²) >= 11 is 0. The minimum Gasteiger partial charge on any atom is -0.449 e. The van der Waals surface area contributed by atoms with Crippen molar-refractivity contribution in [3.63, 3.8) is 0 Å². The summed E-state index contributed by atoms with van der Waals surface area (Å²) in [6, 6.07) is 16.4. The van der Waals surface area contributed by atoms with Crippen molar-refractivity contribution < 1.29 is 14.6 Å². The van der Waals surface area contributed by atoms with Gasteiger partial charge in [-0.3, -0.25) is 0 Å². The van der Waals surface area contributed by atoms with Gasteiger partial charge < -0.3 is 15.2 Å². The Hall–Kier alpha value is -2.33. The Morgan fingerprint density at radius 3 is 2.24 bits per heavy atom. The Kier molecular flexibility index (Phi) is 4.45. The molecule has 4 rings (SSSR count). The van der Waals surface area contributed by atoms with Gasteiger partial charge in [-0.05, 0) is 35.1 Å². The van der Waals surface area contributed by atoms with Gasteiger partial charge in [0.05, 0.1) is 12.1 Å². The van der Waals surface area contributed by atoms with E-state index in [4.69, 9.17) is 4.74 Å². The first-order valence-electron chi connectivity index (χ1n) is 9.03. The van der Waals surface area contributed by atoms with Crippen LogP contribution in [-0.4, -0.2) is 30.0 Å². The minimum atomic E-state index is -0.464. The highest BCUT2D eigenvalue weighted by Gasteiger charge is 2.30. The molecule has 2 aromatic carbocycles. The maximum atomic E-state index is 12.2. The van der Waals surface area contributed by atoms with Crippen LogP contribution in [-0.2, 0) is 4.74 Å². The van der Waals surface area contributed by atoms with E-state index in [2.05, 4.69) is 29.6 Å². The van der Waals surface area contributed by atoms with Crippen LogP contribution < -0.4 is 5.32 Å². The van der Waals surface area contributed by atoms with Crippen molar-refractivity contribution in [3.05, 3.63) is 59.7 Å². The van der Waals surface area contributed by atoms with Gasteiger partial charge in [-0.1, -0.05) is 61.4 Å². The second-order valence-electron chi connectivity index (χ2n) is 6.93. The predicted octanol–water partition coefficient (Wildman–Crippen LogP) is 3.83. The number of amides is 1. The third-order valence-electron chi connectivity index (χ3n) is 5.38. The van der Waals surface area contributed by atoms with Crippen molar-refractivity contribution in [2.24, 2.45) is 0 Å². The number of aliphatic hydroxyl groups is 1. The standard InChI is InChI=1S/C21H23NO3/c23-20-12-6-5-11-19(20)22-21(24)25-13-18-16-9-3-1-7-14(16)15-8-2-4-10-17(15)18/h1-4,7-10,18-20,23H,5-6,11-13H2,(H,22,24). The van der Waals surface area contributed by atoms with Gasteiger partial charge in [-0.25, -0.2) is 4.79 Å². The van der Waals surface area contributed by atoms with Gasteiger partial charge in [0.25, 0.3) is 0 Å². The molecule has 2 aliphatic carbocycles. The summed E-state index contributed by atoms with van der Waals surface area (Å²) in [5.41, 5.74) is 4.84. The van der Waals surface area contributed by atoms with Gasteiger partial charge >= 0.3 is 6.09 Å². The highest BCUT2D eigenvalue weighted by Crippen LogP contribution is 2.44. The van der Waals surface area contributed by atoms with Crippen LogP contribution in [0.25, 0.3) is 11.1 Å². The molecule has 0 bridgehead atoms. The summed E-state index contributed by atoms with van der Waals surface area (Å²) in [5, 5.41) is 12.8. The number of fused-ring (bicyclic) bond motifs is 3. The number of carbonyl (C=O) groups excluding carboxylic acids is 1. The average molecular weight is 337 g/mol. The zero-order valence-electron chi connectivity index (χ0n) is 14.2. The molecule has 2 atom stereocenters. The number of nitrogens with one attached hydrogen (secondary N) is 1. The van der Waals surface area contributed by atoms with Gasteiger partial charge in [0, 0.05) is 5.92 Å². The third-order valence-corrected chi connectivity index (χ3v) is 5.38. The molecule has 2 aliphatic rings. The SMILES string of the molecule is O=C(NC1CCCCC1O)OCC1c2ccccc2-c2ccccc21. The molecule has 25 heavy (non-hydrogen) atoms. The van der Waals surface area contributed by atoms with Gasteiger partial charge in [0.2, 0.25) is 0 Å². The lowest BCUT2D eigenvalue weighted by atomic mass is 9.93. The molecule has 0 aromatic heterocycles. The van der Waals surface area contributed by atoms with E-state index < -0.39 is 12.2 Å². The number of hydrogen-bond acceptors (Lipinski definition) is 3. The van der Waals surface area contributed by atoms with Gasteiger partial charge in [-0.15, -0.1) is 0 Å². The number of alkyl carbamates (subject to hydrolysis) is 1. The number of rotatable bonds is 3. The number of carbonyl (C=O) groups is 1. The zero-order chi connectivity index (χ0) is 17.2. The number of ether oxygens (including phenoxy) is 1. The van der Waals surface area contributed by atoms with Crippen LogP contribution in [0.4, 0.5) is 4.79 Å². The fourth-order valence-corrected chi connectivity index (χ4v) is 4.07. The molecule has 2 aromatic rings. The fourth-order valence-electron chi connectivity index (χ4n) is 4.07. The van der Waals surface area contributed by atoms with Crippen LogP contribution in [0.3, 0.4) is 0 Å². The van der Waals surface area contributed by atoms with Gasteiger partial charge in [0.1, 0.15) is 6.61 Å². The number of benzene rings is 2. The summed E-state index contributed by atoms with van der Waals surface area (Å²) in [6.07, 6.45) is 2.71. The molecule has 4 nitrogen and oxygen atoms in total. The molecule has 130 valence electrons. The van der Waals surface area contributed by atoms with Crippen molar-refractivity contribution >= 4 is 6.09 Å². The Bertz CT molecular complexity index is 728. The lowest BCUT2D eigenvalue weighted by Crippen LogP contribution is -2.45. The van der Waals surface area contributed by atoms with Crippen LogP contribution in [0.1, 0.15) is 42.7 Å². The number of hydrogen-bond donors (Lipinski definition) is 2. The molecule has 0 aliphatic heterocycles. The quantitative estimate of drug-likeness (QED) is 0.895. The molecule has 1 saturated carbocycles. The minimum absolute atomic E-state index is 0.0643. The Balaban J connectivity index is 1.45. The highest BCUT2D eigenvalue weighted by atomic mass is 16.5. The van der Waals surface area contributed by atoms with Crippen LogP contribution in [0, 0.1) is 0 Å². The zero-order valence-corrected chi connectivity index (χ0v) is 14.2. The van der Waals surface area contributed by atoms with E-state index >= 15 is 0 Å². The first kappa shape index (κ1) is 16.2. The van der Waals surface area contributed by atoms with Crippen LogP contribution in [0.15, 0.2) is 48.5 Å². The maximum absolute atomic E-state index is 12.2. The summed E-state index contributed by atoms with van der Waals surface area (Å²) in [7, 11) is 0. The molecule has 4 heteroatoms. The van der Waals surface area contributed by atoms with E-state index in [-0.39, 0.29) is 12.0 Å². The number of aliphatic hydroxyl groups excluding tert-OH is 1. The van der Waals surface area contributed by atoms with Crippen LogP contribution in [0.2, 0.25) is 0 Å². The molecular weight excluding hydrogens is 314 g/mol. The van der Waals surface area contributed by atoms with E-state index in [0.717, 1.165) is 25.7 Å². The van der Waals surface area contributed by atoms with E-state index in [1.165, 1.54) is 22.3 Å². The lowest BCUT2D eigenvalue weighted by Gasteiger charge is -2.28. The summed E-state index contributed by atoms with van der Waals surface area (Å²) in [6.45, 7) is 0.308. The molecule has 0 saturated heterocycles. The monoisotopic (exact) mass is 337 g/mol. The average Bonchev–Trinajstić information content (AvgIpc) is 2.96.